The Morgan fingerprint density at radius 3 is 2.61 bits per heavy atom. The Morgan fingerprint density at radius 1 is 1.22 bits per heavy atom. The maximum absolute atomic E-state index is 9.16. The van der Waals surface area contributed by atoms with Gasteiger partial charge in [-0.2, -0.15) is 4.89 Å². The van der Waals surface area contributed by atoms with E-state index in [1.807, 2.05) is 36.4 Å². The molecule has 1 N–H and O–H groups in total. The number of benzene rings is 2. The van der Waals surface area contributed by atoms with Crippen LogP contribution >= 0.6 is 0 Å². The van der Waals surface area contributed by atoms with Crippen LogP contribution in [0.2, 0.25) is 0 Å². The van der Waals surface area contributed by atoms with Gasteiger partial charge in [0.15, 0.2) is 6.29 Å². The molecular weight excluding hydrogens is 232 g/mol. The molecule has 2 atom stereocenters. The summed E-state index contributed by atoms with van der Waals surface area (Å²) in [6, 6.07) is 11.7. The molecule has 1 aliphatic heterocycles. The fraction of sp³-hybridized carbons (Fsp3) is 0.286. The first-order valence-electron chi connectivity index (χ1n) is 5.75. The maximum Gasteiger partial charge on any atom is 0.227 e. The zero-order valence-electron chi connectivity index (χ0n) is 10.2. The Morgan fingerprint density at radius 2 is 1.94 bits per heavy atom. The van der Waals surface area contributed by atoms with Gasteiger partial charge in [-0.15, -0.1) is 0 Å². The van der Waals surface area contributed by atoms with E-state index in [1.165, 1.54) is 0 Å². The van der Waals surface area contributed by atoms with Gasteiger partial charge in [-0.3, -0.25) is 0 Å². The summed E-state index contributed by atoms with van der Waals surface area (Å²) in [7, 11) is 1.56. The zero-order valence-corrected chi connectivity index (χ0v) is 10.2. The Balaban J connectivity index is 2.38. The van der Waals surface area contributed by atoms with Crippen molar-refractivity contribution in [2.24, 2.45) is 0 Å². The van der Waals surface area contributed by atoms with Gasteiger partial charge in [0, 0.05) is 18.2 Å². The summed E-state index contributed by atoms with van der Waals surface area (Å²) in [6.07, 6.45) is -0.555. The van der Waals surface area contributed by atoms with Crippen LogP contribution in [0.25, 0.3) is 10.8 Å². The van der Waals surface area contributed by atoms with Gasteiger partial charge in [0.05, 0.1) is 0 Å². The third-order valence-corrected chi connectivity index (χ3v) is 3.40. The van der Waals surface area contributed by atoms with E-state index in [-0.39, 0.29) is 0 Å². The van der Waals surface area contributed by atoms with Crippen molar-refractivity contribution in [2.45, 2.75) is 19.0 Å². The molecule has 0 spiro atoms. The third-order valence-electron chi connectivity index (χ3n) is 3.40. The molecule has 94 valence electrons. The molecule has 0 bridgehead atoms. The Labute approximate surface area is 105 Å². The van der Waals surface area contributed by atoms with Crippen molar-refractivity contribution in [3.63, 3.8) is 0 Å². The van der Waals surface area contributed by atoms with Crippen LogP contribution in [-0.4, -0.2) is 12.4 Å². The zero-order chi connectivity index (χ0) is 12.8. The van der Waals surface area contributed by atoms with Gasteiger partial charge in [-0.05, 0) is 17.7 Å². The highest BCUT2D eigenvalue weighted by molar-refractivity contribution is 5.90. The van der Waals surface area contributed by atoms with Gasteiger partial charge < -0.3 is 9.47 Å². The molecule has 0 aliphatic carbocycles. The summed E-state index contributed by atoms with van der Waals surface area (Å²) in [6.45, 7) is 1.67. The van der Waals surface area contributed by atoms with Gasteiger partial charge in [0.1, 0.15) is 0 Å². The van der Waals surface area contributed by atoms with E-state index in [0.29, 0.717) is 0 Å². The average Bonchev–Trinajstić information content (AvgIpc) is 2.43. The second-order valence-corrected chi connectivity index (χ2v) is 4.47. The minimum atomic E-state index is -1.21. The van der Waals surface area contributed by atoms with Crippen LogP contribution in [0.4, 0.5) is 0 Å². The minimum Gasteiger partial charge on any atom is -0.352 e. The fourth-order valence-electron chi connectivity index (χ4n) is 2.52. The molecule has 0 saturated carbocycles. The van der Waals surface area contributed by atoms with Crippen molar-refractivity contribution >= 4 is 10.8 Å². The molecule has 4 nitrogen and oxygen atoms in total. The molecule has 0 amide bonds. The molecule has 0 fully saturated rings. The molecular formula is C14H14O4. The predicted molar refractivity (Wildman–Crippen MR) is 65.8 cm³/mol. The van der Waals surface area contributed by atoms with Crippen LogP contribution in [0.1, 0.15) is 24.3 Å². The molecule has 2 aromatic carbocycles. The van der Waals surface area contributed by atoms with Gasteiger partial charge >= 0.3 is 0 Å². The van der Waals surface area contributed by atoms with Crippen molar-refractivity contribution in [1.29, 1.82) is 0 Å². The third kappa shape index (κ3) is 1.47. The van der Waals surface area contributed by atoms with E-state index in [0.717, 1.165) is 21.9 Å². The van der Waals surface area contributed by atoms with Crippen LogP contribution in [-0.2, 0) is 20.1 Å². The van der Waals surface area contributed by atoms with Crippen molar-refractivity contribution < 1.29 is 19.6 Å². The lowest BCUT2D eigenvalue weighted by Gasteiger charge is -2.36. The topological polar surface area (TPSA) is 47.9 Å². The smallest absolute Gasteiger partial charge is 0.227 e. The van der Waals surface area contributed by atoms with Crippen LogP contribution in [0.15, 0.2) is 36.4 Å². The van der Waals surface area contributed by atoms with Gasteiger partial charge in [-0.1, -0.05) is 36.4 Å². The Hall–Kier alpha value is -1.46. The lowest BCUT2D eigenvalue weighted by molar-refractivity contribution is -0.434. The molecule has 2 unspecified atom stereocenters. The van der Waals surface area contributed by atoms with Crippen LogP contribution < -0.4 is 0 Å². The summed E-state index contributed by atoms with van der Waals surface area (Å²) < 4.78 is 11.0. The van der Waals surface area contributed by atoms with Crippen molar-refractivity contribution in [1.82, 2.24) is 0 Å². The number of methoxy groups -OCH3 is 1. The van der Waals surface area contributed by atoms with Gasteiger partial charge in [-0.25, -0.2) is 5.26 Å². The average molecular weight is 246 g/mol. The molecule has 1 heterocycles. The maximum atomic E-state index is 9.16. The fourth-order valence-corrected chi connectivity index (χ4v) is 2.52. The summed E-state index contributed by atoms with van der Waals surface area (Å²) in [5.41, 5.74) is 1.74. The SMILES string of the molecule is COC1OC(C)(OO)c2cccc3cccc1c23. The van der Waals surface area contributed by atoms with E-state index in [2.05, 4.69) is 4.89 Å². The van der Waals surface area contributed by atoms with E-state index < -0.39 is 12.1 Å². The van der Waals surface area contributed by atoms with E-state index in [4.69, 9.17) is 14.7 Å². The molecule has 18 heavy (non-hydrogen) atoms. The summed E-state index contributed by atoms with van der Waals surface area (Å²) >= 11 is 0. The molecule has 1 aliphatic rings. The minimum absolute atomic E-state index is 0.555. The number of hydrogen-bond acceptors (Lipinski definition) is 4. The van der Waals surface area contributed by atoms with Crippen molar-refractivity contribution in [3.05, 3.63) is 47.5 Å². The van der Waals surface area contributed by atoms with Crippen molar-refractivity contribution in [3.8, 4) is 0 Å². The van der Waals surface area contributed by atoms with Gasteiger partial charge in [0.2, 0.25) is 5.79 Å². The molecule has 0 saturated heterocycles. The monoisotopic (exact) mass is 246 g/mol. The summed E-state index contributed by atoms with van der Waals surface area (Å²) in [4.78, 5) is 4.56. The van der Waals surface area contributed by atoms with E-state index in [9.17, 15) is 0 Å². The second-order valence-electron chi connectivity index (χ2n) is 4.47. The molecule has 0 radical (unpaired) electrons. The van der Waals surface area contributed by atoms with Crippen LogP contribution in [0.3, 0.4) is 0 Å². The summed E-state index contributed by atoms with van der Waals surface area (Å²) in [5, 5.41) is 11.2. The van der Waals surface area contributed by atoms with Crippen LogP contribution in [0.5, 0.6) is 0 Å². The Kier molecular flexibility index (Phi) is 2.60. The molecule has 4 heteroatoms. The van der Waals surface area contributed by atoms with E-state index in [1.54, 1.807) is 14.0 Å². The first-order valence-corrected chi connectivity index (χ1v) is 5.75. The van der Waals surface area contributed by atoms with Gasteiger partial charge in [0.25, 0.3) is 0 Å². The summed E-state index contributed by atoms with van der Waals surface area (Å²) in [5.74, 6) is -1.21. The van der Waals surface area contributed by atoms with Crippen molar-refractivity contribution in [2.75, 3.05) is 7.11 Å². The highest BCUT2D eigenvalue weighted by atomic mass is 17.1. The number of ether oxygens (including phenoxy) is 2. The molecule has 2 aromatic rings. The quantitative estimate of drug-likeness (QED) is 0.653. The second kappa shape index (κ2) is 4.03. The predicted octanol–water partition coefficient (Wildman–Crippen LogP) is 3.18. The largest absolute Gasteiger partial charge is 0.352 e. The normalized spacial score (nSPS) is 26.5. The first-order chi connectivity index (χ1) is 8.69. The first kappa shape index (κ1) is 11.6. The lowest BCUT2D eigenvalue weighted by atomic mass is 9.92. The highest BCUT2D eigenvalue weighted by Gasteiger charge is 2.40. The molecule has 0 aromatic heterocycles. The molecule has 3 rings (SSSR count). The Bertz CT molecular complexity index is 590. The standard InChI is InChI=1S/C14H14O4/c1-14(18-15)11-8-4-6-9-5-3-7-10(12(9)11)13(16-2)17-14/h3-8,13,15H,1-2H3. The highest BCUT2D eigenvalue weighted by Crippen LogP contribution is 2.44. The van der Waals surface area contributed by atoms with E-state index >= 15 is 0 Å². The lowest BCUT2D eigenvalue weighted by Crippen LogP contribution is -2.34. The van der Waals surface area contributed by atoms with Crippen LogP contribution in [0, 0.1) is 0 Å². The number of rotatable bonds is 2. The number of hydrogen-bond donors (Lipinski definition) is 1.